The highest BCUT2D eigenvalue weighted by Crippen LogP contribution is 2.19. The normalized spacial score (nSPS) is 13.0. The summed E-state index contributed by atoms with van der Waals surface area (Å²) in [6, 6.07) is 14.0. The Bertz CT molecular complexity index is 1240. The third kappa shape index (κ3) is 7.51. The van der Waals surface area contributed by atoms with Gasteiger partial charge in [0.05, 0.1) is 4.90 Å². The summed E-state index contributed by atoms with van der Waals surface area (Å²) in [6.45, 7) is 7.71. The summed E-state index contributed by atoms with van der Waals surface area (Å²) in [6.07, 6.45) is 3.45. The standard InChI is InChI=1S/C25H30BrN3O4S/c1-18(28-34(31,32)23-10-7-21-16-27-13-11-20(21)15-23)17-29(24(30)33-25(2,3)4)14-12-19-5-8-22(26)9-6-19/h5-11,13,15-16,18,28H,12,14,17H2,1-4H3/t18-/m1/s1. The fourth-order valence-electron chi connectivity index (χ4n) is 3.43. The van der Waals surface area contributed by atoms with Gasteiger partial charge in [-0.15, -0.1) is 0 Å². The fraction of sp³-hybridized carbons (Fsp3) is 0.360. The maximum absolute atomic E-state index is 13.0. The maximum Gasteiger partial charge on any atom is 0.410 e. The second-order valence-electron chi connectivity index (χ2n) is 9.21. The van der Waals surface area contributed by atoms with Crippen molar-refractivity contribution >= 4 is 42.8 Å². The van der Waals surface area contributed by atoms with Crippen LogP contribution in [0.2, 0.25) is 0 Å². The molecule has 182 valence electrons. The SMILES string of the molecule is C[C@H](CN(CCc1ccc(Br)cc1)C(=O)OC(C)(C)C)NS(=O)(=O)c1ccc2cnccc2c1. The molecule has 0 unspecified atom stereocenters. The van der Waals surface area contributed by atoms with E-state index in [1.54, 1.807) is 69.3 Å². The number of nitrogens with one attached hydrogen (secondary N) is 1. The van der Waals surface area contributed by atoms with Gasteiger partial charge in [-0.2, -0.15) is 0 Å². The molecule has 9 heteroatoms. The fourth-order valence-corrected chi connectivity index (χ4v) is 4.96. The zero-order valence-corrected chi connectivity index (χ0v) is 22.2. The molecule has 1 atom stereocenters. The summed E-state index contributed by atoms with van der Waals surface area (Å²) in [7, 11) is -3.78. The number of ether oxygens (including phenoxy) is 1. The molecule has 1 aromatic heterocycles. The van der Waals surface area contributed by atoms with Crippen LogP contribution < -0.4 is 4.72 Å². The van der Waals surface area contributed by atoms with Gasteiger partial charge < -0.3 is 9.64 Å². The molecule has 1 amide bonds. The minimum atomic E-state index is -3.78. The Hall–Kier alpha value is -2.49. The molecule has 1 heterocycles. The van der Waals surface area contributed by atoms with Crippen LogP contribution in [0.4, 0.5) is 4.79 Å². The molecule has 3 aromatic rings. The predicted molar refractivity (Wildman–Crippen MR) is 137 cm³/mol. The Morgan fingerprint density at radius 3 is 2.50 bits per heavy atom. The zero-order chi connectivity index (χ0) is 24.9. The second kappa shape index (κ2) is 10.8. The lowest BCUT2D eigenvalue weighted by Crippen LogP contribution is -2.46. The van der Waals surface area contributed by atoms with Gasteiger partial charge in [-0.25, -0.2) is 17.9 Å². The van der Waals surface area contributed by atoms with Crippen molar-refractivity contribution in [1.82, 2.24) is 14.6 Å². The number of rotatable bonds is 8. The number of carbonyl (C=O) groups is 1. The molecule has 0 spiro atoms. The van der Waals surface area contributed by atoms with E-state index in [2.05, 4.69) is 25.6 Å². The molecule has 0 radical (unpaired) electrons. The van der Waals surface area contributed by atoms with E-state index in [0.29, 0.717) is 13.0 Å². The predicted octanol–water partition coefficient (Wildman–Crippen LogP) is 5.14. The number of carbonyl (C=O) groups excluding carboxylic acids is 1. The molecule has 7 nitrogen and oxygen atoms in total. The van der Waals surface area contributed by atoms with Crippen molar-refractivity contribution in [2.75, 3.05) is 13.1 Å². The van der Waals surface area contributed by atoms with Crippen molar-refractivity contribution in [3.63, 3.8) is 0 Å². The number of aromatic nitrogens is 1. The quantitative estimate of drug-likeness (QED) is 0.421. The summed E-state index contributed by atoms with van der Waals surface area (Å²) in [5.74, 6) is 0. The molecule has 0 saturated heterocycles. The van der Waals surface area contributed by atoms with Crippen LogP contribution in [0.3, 0.4) is 0 Å². The minimum absolute atomic E-state index is 0.164. The maximum atomic E-state index is 13.0. The third-order valence-corrected chi connectivity index (χ3v) is 7.12. The van der Waals surface area contributed by atoms with Gasteiger partial charge in [0.15, 0.2) is 0 Å². The average Bonchev–Trinajstić information content (AvgIpc) is 2.75. The molecule has 0 saturated carbocycles. The first kappa shape index (κ1) is 26.1. The number of nitrogens with zero attached hydrogens (tertiary/aromatic N) is 2. The monoisotopic (exact) mass is 547 g/mol. The van der Waals surface area contributed by atoms with Crippen molar-refractivity contribution in [3.8, 4) is 0 Å². The molecule has 2 aromatic carbocycles. The molecule has 0 aliphatic carbocycles. The lowest BCUT2D eigenvalue weighted by molar-refractivity contribution is 0.0241. The van der Waals surface area contributed by atoms with Gasteiger partial charge in [0, 0.05) is 41.4 Å². The Morgan fingerprint density at radius 2 is 1.82 bits per heavy atom. The van der Waals surface area contributed by atoms with Gasteiger partial charge in [0.25, 0.3) is 0 Å². The van der Waals surface area contributed by atoms with E-state index in [9.17, 15) is 13.2 Å². The largest absolute Gasteiger partial charge is 0.444 e. The number of fused-ring (bicyclic) bond motifs is 1. The number of sulfonamides is 1. The topological polar surface area (TPSA) is 88.6 Å². The molecule has 1 N–H and O–H groups in total. The van der Waals surface area contributed by atoms with Gasteiger partial charge in [-0.05, 0) is 75.4 Å². The molecular formula is C25H30BrN3O4S. The number of hydrogen-bond acceptors (Lipinski definition) is 5. The highest BCUT2D eigenvalue weighted by Gasteiger charge is 2.25. The Labute approximate surface area is 209 Å². The molecule has 34 heavy (non-hydrogen) atoms. The van der Waals surface area contributed by atoms with Gasteiger partial charge >= 0.3 is 6.09 Å². The number of amides is 1. The number of hydrogen-bond donors (Lipinski definition) is 1. The van der Waals surface area contributed by atoms with Gasteiger partial charge in [-0.1, -0.05) is 34.1 Å². The van der Waals surface area contributed by atoms with E-state index < -0.39 is 27.8 Å². The van der Waals surface area contributed by atoms with Crippen molar-refractivity contribution in [1.29, 1.82) is 0 Å². The van der Waals surface area contributed by atoms with E-state index in [0.717, 1.165) is 20.8 Å². The minimum Gasteiger partial charge on any atom is -0.444 e. The van der Waals surface area contributed by atoms with Crippen molar-refractivity contribution < 1.29 is 17.9 Å². The van der Waals surface area contributed by atoms with E-state index >= 15 is 0 Å². The molecule has 0 aliphatic heterocycles. The van der Waals surface area contributed by atoms with E-state index in [-0.39, 0.29) is 11.4 Å². The van der Waals surface area contributed by atoms with Crippen molar-refractivity contribution in [2.45, 2.75) is 50.7 Å². The first-order chi connectivity index (χ1) is 15.9. The number of pyridine rings is 1. The summed E-state index contributed by atoms with van der Waals surface area (Å²) in [5.41, 5.74) is 0.408. The van der Waals surface area contributed by atoms with Crippen LogP contribution in [0.15, 0.2) is 70.3 Å². The number of halogens is 1. The Kier molecular flexibility index (Phi) is 8.33. The van der Waals surface area contributed by atoms with Crippen LogP contribution in [0.5, 0.6) is 0 Å². The van der Waals surface area contributed by atoms with Crippen LogP contribution in [-0.2, 0) is 21.2 Å². The first-order valence-electron chi connectivity index (χ1n) is 11.0. The molecule has 3 rings (SSSR count). The lowest BCUT2D eigenvalue weighted by Gasteiger charge is -2.29. The van der Waals surface area contributed by atoms with Crippen LogP contribution in [-0.4, -0.2) is 49.1 Å². The van der Waals surface area contributed by atoms with Crippen LogP contribution in [0.25, 0.3) is 10.8 Å². The summed E-state index contributed by atoms with van der Waals surface area (Å²) in [4.78, 5) is 18.6. The number of benzene rings is 2. The van der Waals surface area contributed by atoms with Crippen LogP contribution in [0, 0.1) is 0 Å². The summed E-state index contributed by atoms with van der Waals surface area (Å²) in [5, 5.41) is 1.65. The first-order valence-corrected chi connectivity index (χ1v) is 13.3. The van der Waals surface area contributed by atoms with E-state index in [1.807, 2.05) is 24.3 Å². The molecular weight excluding hydrogens is 518 g/mol. The lowest BCUT2D eigenvalue weighted by atomic mass is 10.1. The van der Waals surface area contributed by atoms with Gasteiger partial charge in [0.1, 0.15) is 5.60 Å². The molecule has 0 bridgehead atoms. The second-order valence-corrected chi connectivity index (χ2v) is 11.8. The van der Waals surface area contributed by atoms with Crippen LogP contribution >= 0.6 is 15.9 Å². The van der Waals surface area contributed by atoms with Gasteiger partial charge in [-0.3, -0.25) is 4.98 Å². The van der Waals surface area contributed by atoms with E-state index in [1.165, 1.54) is 0 Å². The van der Waals surface area contributed by atoms with E-state index in [4.69, 9.17) is 4.74 Å². The smallest absolute Gasteiger partial charge is 0.410 e. The molecule has 0 aliphatic rings. The highest BCUT2D eigenvalue weighted by molar-refractivity contribution is 9.10. The average molecular weight is 549 g/mol. The van der Waals surface area contributed by atoms with Crippen molar-refractivity contribution in [3.05, 3.63) is 71.0 Å². The zero-order valence-electron chi connectivity index (χ0n) is 19.8. The third-order valence-electron chi connectivity index (χ3n) is 5.01. The summed E-state index contributed by atoms with van der Waals surface area (Å²) >= 11 is 3.42. The van der Waals surface area contributed by atoms with Crippen LogP contribution in [0.1, 0.15) is 33.3 Å². The van der Waals surface area contributed by atoms with Gasteiger partial charge in [0.2, 0.25) is 10.0 Å². The Morgan fingerprint density at radius 1 is 1.12 bits per heavy atom. The molecule has 0 fully saturated rings. The van der Waals surface area contributed by atoms with Crippen molar-refractivity contribution in [2.24, 2.45) is 0 Å². The summed E-state index contributed by atoms with van der Waals surface area (Å²) < 4.78 is 35.3. The highest BCUT2D eigenvalue weighted by atomic mass is 79.9. The Balaban J connectivity index is 1.72.